The predicted octanol–water partition coefficient (Wildman–Crippen LogP) is 0.894. The van der Waals surface area contributed by atoms with Crippen LogP contribution >= 0.6 is 0 Å². The van der Waals surface area contributed by atoms with E-state index in [1.807, 2.05) is 13.8 Å². The van der Waals surface area contributed by atoms with E-state index in [9.17, 15) is 0 Å². The lowest BCUT2D eigenvalue weighted by molar-refractivity contribution is 0.391. The van der Waals surface area contributed by atoms with Crippen molar-refractivity contribution in [1.29, 1.82) is 0 Å². The Labute approximate surface area is 60.8 Å². The third-order valence-corrected chi connectivity index (χ3v) is 1.64. The topological polar surface area (TPSA) is 34.0 Å². The fraction of sp³-hybridized carbons (Fsp3) is 0.714. The van der Waals surface area contributed by atoms with E-state index >= 15 is 0 Å². The average Bonchev–Trinajstić information content (AvgIpc) is 1.95. The summed E-state index contributed by atoms with van der Waals surface area (Å²) in [4.78, 5) is 8.47. The van der Waals surface area contributed by atoms with E-state index in [1.54, 1.807) is 7.11 Å². The van der Waals surface area contributed by atoms with Crippen molar-refractivity contribution < 1.29 is 4.74 Å². The zero-order chi connectivity index (χ0) is 7.56. The number of methoxy groups -OCH3 is 1. The number of hydrogen-bond donors (Lipinski definition) is 0. The molecule has 1 heterocycles. The molecular formula is C7H12N2O. The van der Waals surface area contributed by atoms with Crippen molar-refractivity contribution in [3.05, 3.63) is 0 Å². The van der Waals surface area contributed by atoms with Crippen molar-refractivity contribution >= 4 is 11.6 Å². The van der Waals surface area contributed by atoms with Gasteiger partial charge < -0.3 is 4.74 Å². The van der Waals surface area contributed by atoms with Crippen LogP contribution in [-0.2, 0) is 4.74 Å². The van der Waals surface area contributed by atoms with Crippen LogP contribution in [0.15, 0.2) is 9.98 Å². The maximum Gasteiger partial charge on any atom is 0.205 e. The molecule has 1 rings (SSSR count). The second-order valence-corrected chi connectivity index (χ2v) is 2.36. The Balaban J connectivity index is 2.64. The molecule has 0 N–H and O–H groups in total. The molecule has 0 radical (unpaired) electrons. The fourth-order valence-corrected chi connectivity index (χ4v) is 0.792. The molecule has 0 aromatic carbocycles. The molecule has 3 heteroatoms. The molecule has 10 heavy (non-hydrogen) atoms. The van der Waals surface area contributed by atoms with Gasteiger partial charge in [0.2, 0.25) is 5.90 Å². The third-order valence-electron chi connectivity index (χ3n) is 1.64. The number of nitrogens with zero attached hydrogens (tertiary/aromatic N) is 2. The van der Waals surface area contributed by atoms with E-state index in [0.29, 0.717) is 6.54 Å². The largest absolute Gasteiger partial charge is 0.483 e. The molecule has 1 atom stereocenters. The van der Waals surface area contributed by atoms with Crippen LogP contribution in [0, 0.1) is 0 Å². The minimum atomic E-state index is 0.198. The SMILES string of the molecule is COC1=NC(C)C(C)=NC1. The summed E-state index contributed by atoms with van der Waals surface area (Å²) in [5.74, 6) is 0.734. The highest BCUT2D eigenvalue weighted by Gasteiger charge is 2.11. The van der Waals surface area contributed by atoms with Gasteiger partial charge in [0.25, 0.3) is 0 Å². The van der Waals surface area contributed by atoms with Crippen molar-refractivity contribution in [2.45, 2.75) is 19.9 Å². The number of hydrogen-bond acceptors (Lipinski definition) is 3. The third kappa shape index (κ3) is 1.35. The van der Waals surface area contributed by atoms with Crippen LogP contribution in [-0.4, -0.2) is 31.3 Å². The van der Waals surface area contributed by atoms with Crippen LogP contribution in [0.3, 0.4) is 0 Å². The van der Waals surface area contributed by atoms with Crippen molar-refractivity contribution in [3.63, 3.8) is 0 Å². The van der Waals surface area contributed by atoms with Crippen molar-refractivity contribution in [2.24, 2.45) is 9.98 Å². The lowest BCUT2D eigenvalue weighted by Gasteiger charge is -2.13. The van der Waals surface area contributed by atoms with Gasteiger partial charge in [-0.05, 0) is 13.8 Å². The molecule has 0 saturated carbocycles. The average molecular weight is 140 g/mol. The molecule has 0 bridgehead atoms. The minimum absolute atomic E-state index is 0.198. The van der Waals surface area contributed by atoms with E-state index < -0.39 is 0 Å². The lowest BCUT2D eigenvalue weighted by atomic mass is 10.2. The van der Waals surface area contributed by atoms with E-state index in [0.717, 1.165) is 11.6 Å². The van der Waals surface area contributed by atoms with Crippen LogP contribution in [0.5, 0.6) is 0 Å². The second-order valence-electron chi connectivity index (χ2n) is 2.36. The van der Waals surface area contributed by atoms with E-state index in [-0.39, 0.29) is 6.04 Å². The smallest absolute Gasteiger partial charge is 0.205 e. The van der Waals surface area contributed by atoms with Gasteiger partial charge in [0.1, 0.15) is 6.54 Å². The molecule has 0 fully saturated rings. The quantitative estimate of drug-likeness (QED) is 0.492. The summed E-state index contributed by atoms with van der Waals surface area (Å²) in [5, 5.41) is 0. The lowest BCUT2D eigenvalue weighted by Crippen LogP contribution is -2.22. The number of ether oxygens (including phenoxy) is 1. The highest BCUT2D eigenvalue weighted by atomic mass is 16.5. The minimum Gasteiger partial charge on any atom is -0.483 e. The number of rotatable bonds is 0. The van der Waals surface area contributed by atoms with Gasteiger partial charge in [0.15, 0.2) is 0 Å². The monoisotopic (exact) mass is 140 g/mol. The Hall–Kier alpha value is -0.860. The van der Waals surface area contributed by atoms with Gasteiger partial charge in [-0.15, -0.1) is 0 Å². The number of aliphatic imine (C=N–C) groups is 2. The van der Waals surface area contributed by atoms with E-state index in [4.69, 9.17) is 4.74 Å². The van der Waals surface area contributed by atoms with Crippen LogP contribution in [0.1, 0.15) is 13.8 Å². The van der Waals surface area contributed by atoms with E-state index in [1.165, 1.54) is 0 Å². The summed E-state index contributed by atoms with van der Waals surface area (Å²) in [6.07, 6.45) is 0. The van der Waals surface area contributed by atoms with Crippen molar-refractivity contribution in [2.75, 3.05) is 13.7 Å². The molecule has 0 amide bonds. The highest BCUT2D eigenvalue weighted by Crippen LogP contribution is 2.01. The van der Waals surface area contributed by atoms with E-state index in [2.05, 4.69) is 9.98 Å². The maximum atomic E-state index is 4.95. The predicted molar refractivity (Wildman–Crippen MR) is 41.9 cm³/mol. The van der Waals surface area contributed by atoms with Crippen LogP contribution in [0.2, 0.25) is 0 Å². The van der Waals surface area contributed by atoms with Crippen molar-refractivity contribution in [3.8, 4) is 0 Å². The normalized spacial score (nSPS) is 25.3. The summed E-state index contributed by atoms with van der Waals surface area (Å²) in [7, 11) is 1.63. The second kappa shape index (κ2) is 2.82. The first-order valence-electron chi connectivity index (χ1n) is 3.35. The standard InChI is InChI=1S/C7H12N2O/c1-5-6(2)9-7(10-3)4-8-5/h6H,4H2,1-3H3. The first-order chi connectivity index (χ1) is 4.74. The van der Waals surface area contributed by atoms with Gasteiger partial charge in [-0.1, -0.05) is 0 Å². The molecule has 0 saturated heterocycles. The van der Waals surface area contributed by atoms with Gasteiger partial charge >= 0.3 is 0 Å². The van der Waals surface area contributed by atoms with Gasteiger partial charge in [-0.3, -0.25) is 4.99 Å². The Bertz CT molecular complexity index is 184. The Morgan fingerprint density at radius 1 is 1.60 bits per heavy atom. The van der Waals surface area contributed by atoms with Gasteiger partial charge in [-0.2, -0.15) is 0 Å². The zero-order valence-corrected chi connectivity index (χ0v) is 6.59. The first-order valence-corrected chi connectivity index (χ1v) is 3.35. The summed E-state index contributed by atoms with van der Waals surface area (Å²) in [6.45, 7) is 4.60. The molecule has 56 valence electrons. The van der Waals surface area contributed by atoms with Crippen LogP contribution in [0.25, 0.3) is 0 Å². The Kier molecular flexibility index (Phi) is 2.04. The van der Waals surface area contributed by atoms with Crippen LogP contribution < -0.4 is 0 Å². The molecule has 0 aromatic heterocycles. The van der Waals surface area contributed by atoms with Gasteiger partial charge in [0.05, 0.1) is 13.2 Å². The molecule has 0 spiro atoms. The Morgan fingerprint density at radius 2 is 2.30 bits per heavy atom. The Morgan fingerprint density at radius 3 is 2.80 bits per heavy atom. The highest BCUT2D eigenvalue weighted by molar-refractivity contribution is 5.94. The van der Waals surface area contributed by atoms with Gasteiger partial charge in [-0.25, -0.2) is 4.99 Å². The zero-order valence-electron chi connectivity index (χ0n) is 6.59. The van der Waals surface area contributed by atoms with Crippen molar-refractivity contribution in [1.82, 2.24) is 0 Å². The van der Waals surface area contributed by atoms with Crippen LogP contribution in [0.4, 0.5) is 0 Å². The first kappa shape index (κ1) is 7.25. The molecule has 0 aromatic rings. The van der Waals surface area contributed by atoms with Gasteiger partial charge in [0, 0.05) is 5.71 Å². The molecule has 1 aliphatic rings. The molecule has 3 nitrogen and oxygen atoms in total. The molecule has 0 aliphatic carbocycles. The summed E-state index contributed by atoms with van der Waals surface area (Å²) < 4.78 is 4.95. The fourth-order valence-electron chi connectivity index (χ4n) is 0.792. The molecular weight excluding hydrogens is 128 g/mol. The summed E-state index contributed by atoms with van der Waals surface area (Å²) in [5.41, 5.74) is 1.08. The molecule has 1 unspecified atom stereocenters. The maximum absolute atomic E-state index is 4.95. The molecule has 1 aliphatic heterocycles. The summed E-state index contributed by atoms with van der Waals surface area (Å²) in [6, 6.07) is 0.198. The summed E-state index contributed by atoms with van der Waals surface area (Å²) >= 11 is 0.